The number of carbonyl (C=O) groups is 1. The van der Waals surface area contributed by atoms with Crippen LogP contribution in [-0.2, 0) is 0 Å². The largest absolute Gasteiger partial charge is 0.348 e. The van der Waals surface area contributed by atoms with Crippen molar-refractivity contribution in [2.45, 2.75) is 45.2 Å². The molecule has 1 fully saturated rings. The fourth-order valence-electron chi connectivity index (χ4n) is 2.52. The molecule has 1 aromatic carbocycles. The van der Waals surface area contributed by atoms with E-state index in [9.17, 15) is 4.79 Å². The van der Waals surface area contributed by atoms with Crippen molar-refractivity contribution < 1.29 is 4.79 Å². The zero-order valence-corrected chi connectivity index (χ0v) is 13.2. The van der Waals surface area contributed by atoms with Gasteiger partial charge in [0.05, 0.1) is 0 Å². The Morgan fingerprint density at radius 3 is 2.65 bits per heavy atom. The molecule has 0 radical (unpaired) electrons. The van der Waals surface area contributed by atoms with Gasteiger partial charge in [0.2, 0.25) is 0 Å². The summed E-state index contributed by atoms with van der Waals surface area (Å²) in [5, 5.41) is 3.77. The summed E-state index contributed by atoms with van der Waals surface area (Å²) < 4.78 is 0. The zero-order chi connectivity index (χ0) is 14.8. The Hall–Kier alpha value is -1.06. The van der Waals surface area contributed by atoms with Gasteiger partial charge in [0.1, 0.15) is 0 Å². The van der Waals surface area contributed by atoms with Crippen LogP contribution in [0.25, 0.3) is 0 Å². The lowest BCUT2D eigenvalue weighted by molar-refractivity contribution is 0.0929. The number of hydrogen-bond acceptors (Lipinski definition) is 2. The molecule has 3 nitrogen and oxygen atoms in total. The van der Waals surface area contributed by atoms with E-state index in [2.05, 4.69) is 31.0 Å². The molecule has 2 rings (SSSR count). The summed E-state index contributed by atoms with van der Waals surface area (Å²) in [5.41, 5.74) is 0.877. The van der Waals surface area contributed by atoms with Crippen molar-refractivity contribution in [1.29, 1.82) is 0 Å². The van der Waals surface area contributed by atoms with Crippen LogP contribution in [0.15, 0.2) is 24.3 Å². The van der Waals surface area contributed by atoms with E-state index >= 15 is 0 Å². The van der Waals surface area contributed by atoms with Gasteiger partial charge in [-0.15, -0.1) is 0 Å². The van der Waals surface area contributed by atoms with Gasteiger partial charge in [-0.25, -0.2) is 0 Å². The maximum absolute atomic E-state index is 12.2. The van der Waals surface area contributed by atoms with Crippen molar-refractivity contribution in [3.05, 3.63) is 34.9 Å². The number of halogens is 1. The van der Waals surface area contributed by atoms with Gasteiger partial charge >= 0.3 is 0 Å². The molecule has 0 spiro atoms. The first-order chi connectivity index (χ1) is 9.42. The maximum atomic E-state index is 12.2. The van der Waals surface area contributed by atoms with Crippen LogP contribution in [0, 0.1) is 0 Å². The van der Waals surface area contributed by atoms with E-state index in [1.807, 2.05) is 0 Å². The third-order valence-corrected chi connectivity index (χ3v) is 4.60. The molecule has 1 saturated heterocycles. The number of carbonyl (C=O) groups excluding carboxylic acids is 1. The molecule has 0 saturated carbocycles. The van der Waals surface area contributed by atoms with E-state index < -0.39 is 0 Å². The van der Waals surface area contributed by atoms with E-state index in [-0.39, 0.29) is 17.5 Å². The Balaban J connectivity index is 1.92. The van der Waals surface area contributed by atoms with E-state index in [0.717, 1.165) is 25.9 Å². The summed E-state index contributed by atoms with van der Waals surface area (Å²) in [4.78, 5) is 14.6. The molecule has 0 bridgehead atoms. The predicted octanol–water partition coefficient (Wildman–Crippen LogP) is 3.33. The second kappa shape index (κ2) is 6.15. The molecule has 4 heteroatoms. The van der Waals surface area contributed by atoms with Crippen molar-refractivity contribution in [3.8, 4) is 0 Å². The van der Waals surface area contributed by atoms with Crippen molar-refractivity contribution in [1.82, 2.24) is 10.2 Å². The second-order valence-electron chi connectivity index (χ2n) is 6.08. The molecule has 1 N–H and O–H groups in total. The Labute approximate surface area is 126 Å². The number of hydrogen-bond donors (Lipinski definition) is 1. The lowest BCUT2D eigenvalue weighted by atomic mass is 10.0. The number of nitrogens with zero attached hydrogens (tertiary/aromatic N) is 1. The minimum absolute atomic E-state index is 0.0113. The topological polar surface area (TPSA) is 32.3 Å². The summed E-state index contributed by atoms with van der Waals surface area (Å²) in [6.45, 7) is 8.71. The molecular formula is C16H23ClN2O. The van der Waals surface area contributed by atoms with Crippen LogP contribution < -0.4 is 5.32 Å². The van der Waals surface area contributed by atoms with Crippen LogP contribution in [0.4, 0.5) is 0 Å². The van der Waals surface area contributed by atoms with Crippen LogP contribution >= 0.6 is 11.6 Å². The summed E-state index contributed by atoms with van der Waals surface area (Å²) >= 11 is 5.83. The van der Waals surface area contributed by atoms with Gasteiger partial charge in [-0.1, -0.05) is 18.5 Å². The highest BCUT2D eigenvalue weighted by Crippen LogP contribution is 2.24. The van der Waals surface area contributed by atoms with Crippen LogP contribution in [0.5, 0.6) is 0 Å². The number of benzene rings is 1. The van der Waals surface area contributed by atoms with Gasteiger partial charge < -0.3 is 5.32 Å². The van der Waals surface area contributed by atoms with Crippen LogP contribution in [0.2, 0.25) is 5.02 Å². The highest BCUT2D eigenvalue weighted by Gasteiger charge is 2.32. The minimum atomic E-state index is -0.0113. The predicted molar refractivity (Wildman–Crippen MR) is 83.3 cm³/mol. The van der Waals surface area contributed by atoms with Crippen molar-refractivity contribution in [3.63, 3.8) is 0 Å². The Kier molecular flexibility index (Phi) is 4.71. The number of rotatable bonds is 4. The van der Waals surface area contributed by atoms with Crippen LogP contribution in [0.1, 0.15) is 44.0 Å². The van der Waals surface area contributed by atoms with Gasteiger partial charge in [0.25, 0.3) is 5.91 Å². The Morgan fingerprint density at radius 1 is 1.40 bits per heavy atom. The van der Waals surface area contributed by atoms with E-state index in [0.29, 0.717) is 10.6 Å². The molecule has 0 unspecified atom stereocenters. The molecule has 110 valence electrons. The van der Waals surface area contributed by atoms with E-state index in [1.165, 1.54) is 0 Å². The smallest absolute Gasteiger partial charge is 0.251 e. The lowest BCUT2D eigenvalue weighted by Gasteiger charge is -2.34. The summed E-state index contributed by atoms with van der Waals surface area (Å²) in [6.07, 6.45) is 2.13. The maximum Gasteiger partial charge on any atom is 0.251 e. The van der Waals surface area contributed by atoms with E-state index in [4.69, 9.17) is 11.6 Å². The van der Waals surface area contributed by atoms with Gasteiger partial charge in [-0.05, 0) is 51.0 Å². The Morgan fingerprint density at radius 2 is 2.05 bits per heavy atom. The average molecular weight is 295 g/mol. The van der Waals surface area contributed by atoms with Crippen LogP contribution in [0.3, 0.4) is 0 Å². The van der Waals surface area contributed by atoms with Gasteiger partial charge in [-0.2, -0.15) is 0 Å². The third kappa shape index (κ3) is 3.53. The SMILES string of the molecule is CCC(C)(C)N1CC[C@H](NC(=O)c2ccc(Cl)cc2)C1. The minimum Gasteiger partial charge on any atom is -0.348 e. The van der Waals surface area contributed by atoms with Crippen molar-refractivity contribution in [2.75, 3.05) is 13.1 Å². The van der Waals surface area contributed by atoms with Gasteiger partial charge in [0.15, 0.2) is 0 Å². The lowest BCUT2D eigenvalue weighted by Crippen LogP contribution is -2.44. The molecular weight excluding hydrogens is 272 g/mol. The molecule has 0 aliphatic carbocycles. The van der Waals surface area contributed by atoms with Crippen molar-refractivity contribution in [2.24, 2.45) is 0 Å². The van der Waals surface area contributed by atoms with Crippen LogP contribution in [-0.4, -0.2) is 35.5 Å². The second-order valence-corrected chi connectivity index (χ2v) is 6.51. The quantitative estimate of drug-likeness (QED) is 0.924. The highest BCUT2D eigenvalue weighted by atomic mass is 35.5. The molecule has 1 aliphatic heterocycles. The molecule has 0 aromatic heterocycles. The molecule has 1 amide bonds. The molecule has 1 aromatic rings. The number of amides is 1. The molecule has 1 heterocycles. The highest BCUT2D eigenvalue weighted by molar-refractivity contribution is 6.30. The monoisotopic (exact) mass is 294 g/mol. The first-order valence-electron chi connectivity index (χ1n) is 7.24. The summed E-state index contributed by atoms with van der Waals surface area (Å²) in [7, 11) is 0. The van der Waals surface area contributed by atoms with Gasteiger partial charge in [-0.3, -0.25) is 9.69 Å². The van der Waals surface area contributed by atoms with E-state index in [1.54, 1.807) is 24.3 Å². The molecule has 1 atom stereocenters. The zero-order valence-electron chi connectivity index (χ0n) is 12.4. The fourth-order valence-corrected chi connectivity index (χ4v) is 2.65. The standard InChI is InChI=1S/C16H23ClN2O/c1-4-16(2,3)19-10-9-14(11-19)18-15(20)12-5-7-13(17)8-6-12/h5-8,14H,4,9-11H2,1-3H3,(H,18,20)/t14-/m0/s1. The number of nitrogens with one attached hydrogen (secondary N) is 1. The average Bonchev–Trinajstić information content (AvgIpc) is 2.88. The van der Waals surface area contributed by atoms with Gasteiger partial charge in [0, 0.05) is 35.3 Å². The first kappa shape index (κ1) is 15.3. The van der Waals surface area contributed by atoms with Crippen molar-refractivity contribution >= 4 is 17.5 Å². The fraction of sp³-hybridized carbons (Fsp3) is 0.562. The summed E-state index contributed by atoms with van der Waals surface area (Å²) in [5.74, 6) is -0.0113. The third-order valence-electron chi connectivity index (χ3n) is 4.35. The normalized spacial score (nSPS) is 20.1. The summed E-state index contributed by atoms with van der Waals surface area (Å²) in [6, 6.07) is 7.26. The first-order valence-corrected chi connectivity index (χ1v) is 7.61. The Bertz CT molecular complexity index is 470. The number of likely N-dealkylation sites (tertiary alicyclic amines) is 1. The molecule has 1 aliphatic rings. The molecule has 20 heavy (non-hydrogen) atoms.